The molecule has 0 saturated heterocycles. The van der Waals surface area contributed by atoms with E-state index in [1.165, 1.54) is 25.7 Å². The molecule has 1 amide bonds. The largest absolute Gasteiger partial charge is 0.399 e. The molecule has 3 heteroatoms. The van der Waals surface area contributed by atoms with Gasteiger partial charge >= 0.3 is 0 Å². The number of fused-ring (bicyclic) bond motifs is 2. The maximum Gasteiger partial charge on any atom is 0.224 e. The van der Waals surface area contributed by atoms with Gasteiger partial charge in [-0.25, -0.2) is 0 Å². The van der Waals surface area contributed by atoms with Crippen LogP contribution in [-0.4, -0.2) is 11.9 Å². The summed E-state index contributed by atoms with van der Waals surface area (Å²) in [6.45, 7) is 2.17. The van der Waals surface area contributed by atoms with E-state index in [2.05, 4.69) is 12.2 Å². The highest BCUT2D eigenvalue weighted by Gasteiger charge is 2.42. The van der Waals surface area contributed by atoms with Crippen molar-refractivity contribution in [2.24, 2.45) is 17.8 Å². The number of nitrogen functional groups attached to an aromatic ring is 1. The zero-order chi connectivity index (χ0) is 14.1. The molecule has 2 fully saturated rings. The van der Waals surface area contributed by atoms with Gasteiger partial charge in [0.2, 0.25) is 5.91 Å². The summed E-state index contributed by atoms with van der Waals surface area (Å²) >= 11 is 0. The fraction of sp³-hybridized carbons (Fsp3) is 0.588. The van der Waals surface area contributed by atoms with Crippen molar-refractivity contribution in [1.82, 2.24) is 5.32 Å². The minimum Gasteiger partial charge on any atom is -0.399 e. The predicted molar refractivity (Wildman–Crippen MR) is 81.1 cm³/mol. The van der Waals surface area contributed by atoms with Crippen molar-refractivity contribution in [2.45, 2.75) is 45.1 Å². The molecule has 4 unspecified atom stereocenters. The van der Waals surface area contributed by atoms with Crippen LogP contribution in [0.15, 0.2) is 24.3 Å². The molecule has 2 aliphatic rings. The third kappa shape index (κ3) is 2.82. The van der Waals surface area contributed by atoms with Crippen LogP contribution in [0, 0.1) is 17.8 Å². The summed E-state index contributed by atoms with van der Waals surface area (Å²) in [6.07, 6.45) is 5.90. The summed E-state index contributed by atoms with van der Waals surface area (Å²) in [7, 11) is 0. The number of amides is 1. The van der Waals surface area contributed by atoms with Crippen molar-refractivity contribution in [3.63, 3.8) is 0 Å². The Morgan fingerprint density at radius 2 is 2.25 bits per heavy atom. The first-order chi connectivity index (χ1) is 9.61. The second-order valence-corrected chi connectivity index (χ2v) is 6.62. The van der Waals surface area contributed by atoms with Crippen molar-refractivity contribution in [1.29, 1.82) is 0 Å². The summed E-state index contributed by atoms with van der Waals surface area (Å²) in [4.78, 5) is 12.1. The Bertz CT molecular complexity index is 500. The van der Waals surface area contributed by atoms with Crippen LogP contribution in [0.2, 0.25) is 0 Å². The average molecular weight is 272 g/mol. The van der Waals surface area contributed by atoms with Crippen LogP contribution >= 0.6 is 0 Å². The van der Waals surface area contributed by atoms with Crippen molar-refractivity contribution < 1.29 is 4.79 Å². The standard InChI is InChI=1S/C17H24N2O/c1-11(16-9-13-5-6-14(16)7-13)19-17(20)10-12-3-2-4-15(18)8-12/h2-4,8,11,13-14,16H,5-7,9-10,18H2,1H3,(H,19,20). The zero-order valence-electron chi connectivity index (χ0n) is 12.1. The van der Waals surface area contributed by atoms with E-state index in [1.807, 2.05) is 24.3 Å². The zero-order valence-corrected chi connectivity index (χ0v) is 12.1. The average Bonchev–Trinajstić information content (AvgIpc) is 3.00. The lowest BCUT2D eigenvalue weighted by Crippen LogP contribution is -2.40. The molecule has 3 N–H and O–H groups in total. The number of rotatable bonds is 4. The summed E-state index contributed by atoms with van der Waals surface area (Å²) in [5.74, 6) is 2.59. The SMILES string of the molecule is CC(NC(=O)Cc1cccc(N)c1)C1CC2CCC1C2. The van der Waals surface area contributed by atoms with Crippen molar-refractivity contribution in [3.05, 3.63) is 29.8 Å². The van der Waals surface area contributed by atoms with Gasteiger partial charge in [-0.3, -0.25) is 4.79 Å². The fourth-order valence-corrected chi connectivity index (χ4v) is 4.21. The summed E-state index contributed by atoms with van der Waals surface area (Å²) in [5.41, 5.74) is 7.45. The summed E-state index contributed by atoms with van der Waals surface area (Å²) in [5, 5.41) is 3.19. The van der Waals surface area contributed by atoms with E-state index in [1.54, 1.807) is 0 Å². The third-order valence-electron chi connectivity index (χ3n) is 5.14. The second-order valence-electron chi connectivity index (χ2n) is 6.62. The summed E-state index contributed by atoms with van der Waals surface area (Å²) < 4.78 is 0. The van der Waals surface area contributed by atoms with Gasteiger partial charge in [0.05, 0.1) is 6.42 Å². The minimum absolute atomic E-state index is 0.117. The molecule has 2 saturated carbocycles. The van der Waals surface area contributed by atoms with E-state index in [-0.39, 0.29) is 5.91 Å². The lowest BCUT2D eigenvalue weighted by Gasteiger charge is -2.28. The molecule has 0 heterocycles. The van der Waals surface area contributed by atoms with Crippen LogP contribution in [0.3, 0.4) is 0 Å². The smallest absolute Gasteiger partial charge is 0.224 e. The predicted octanol–water partition coefficient (Wildman–Crippen LogP) is 2.75. The van der Waals surface area contributed by atoms with E-state index in [0.717, 1.165) is 23.1 Å². The van der Waals surface area contributed by atoms with Gasteiger partial charge in [-0.2, -0.15) is 0 Å². The Morgan fingerprint density at radius 1 is 1.40 bits per heavy atom. The Hall–Kier alpha value is -1.51. The van der Waals surface area contributed by atoms with E-state index in [4.69, 9.17) is 5.73 Å². The van der Waals surface area contributed by atoms with Gasteiger partial charge in [0.15, 0.2) is 0 Å². The number of hydrogen-bond acceptors (Lipinski definition) is 2. The lowest BCUT2D eigenvalue weighted by atomic mass is 9.84. The molecular formula is C17H24N2O. The Kier molecular flexibility index (Phi) is 3.68. The molecule has 1 aromatic rings. The van der Waals surface area contributed by atoms with Gasteiger partial charge in [0.25, 0.3) is 0 Å². The first-order valence-electron chi connectivity index (χ1n) is 7.75. The number of hydrogen-bond donors (Lipinski definition) is 2. The second kappa shape index (κ2) is 5.47. The van der Waals surface area contributed by atoms with E-state index in [0.29, 0.717) is 18.4 Å². The minimum atomic E-state index is 0.117. The van der Waals surface area contributed by atoms with Crippen LogP contribution in [0.1, 0.15) is 38.2 Å². The Morgan fingerprint density at radius 3 is 2.90 bits per heavy atom. The van der Waals surface area contributed by atoms with Gasteiger partial charge in [-0.05, 0) is 61.6 Å². The molecule has 2 bridgehead atoms. The van der Waals surface area contributed by atoms with Crippen molar-refractivity contribution >= 4 is 11.6 Å². The first-order valence-corrected chi connectivity index (χ1v) is 7.75. The highest BCUT2D eigenvalue weighted by Crippen LogP contribution is 2.49. The molecule has 20 heavy (non-hydrogen) atoms. The highest BCUT2D eigenvalue weighted by molar-refractivity contribution is 5.79. The van der Waals surface area contributed by atoms with Gasteiger partial charge < -0.3 is 11.1 Å². The number of carbonyl (C=O) groups excluding carboxylic acids is 1. The molecule has 0 aliphatic heterocycles. The Balaban J connectivity index is 1.53. The number of benzene rings is 1. The molecule has 3 rings (SSSR count). The van der Waals surface area contributed by atoms with Crippen LogP contribution in [-0.2, 0) is 11.2 Å². The van der Waals surface area contributed by atoms with Crippen molar-refractivity contribution in [2.75, 3.05) is 5.73 Å². The van der Waals surface area contributed by atoms with Crippen LogP contribution in [0.4, 0.5) is 5.69 Å². The molecule has 0 spiro atoms. The number of nitrogens with one attached hydrogen (secondary N) is 1. The topological polar surface area (TPSA) is 55.1 Å². The lowest BCUT2D eigenvalue weighted by molar-refractivity contribution is -0.121. The van der Waals surface area contributed by atoms with Gasteiger partial charge in [-0.1, -0.05) is 18.6 Å². The van der Waals surface area contributed by atoms with Crippen LogP contribution in [0.25, 0.3) is 0 Å². The maximum atomic E-state index is 12.1. The van der Waals surface area contributed by atoms with E-state index in [9.17, 15) is 4.79 Å². The molecular weight excluding hydrogens is 248 g/mol. The maximum absolute atomic E-state index is 12.1. The molecule has 0 radical (unpaired) electrons. The van der Waals surface area contributed by atoms with E-state index < -0.39 is 0 Å². The van der Waals surface area contributed by atoms with Gasteiger partial charge in [0.1, 0.15) is 0 Å². The van der Waals surface area contributed by atoms with Crippen LogP contribution < -0.4 is 11.1 Å². The number of carbonyl (C=O) groups is 1. The summed E-state index contributed by atoms with van der Waals surface area (Å²) in [6, 6.07) is 7.88. The van der Waals surface area contributed by atoms with Crippen LogP contribution in [0.5, 0.6) is 0 Å². The molecule has 108 valence electrons. The first kappa shape index (κ1) is 13.5. The molecule has 4 atom stereocenters. The molecule has 0 aromatic heterocycles. The molecule has 2 aliphatic carbocycles. The quantitative estimate of drug-likeness (QED) is 0.828. The van der Waals surface area contributed by atoms with Crippen molar-refractivity contribution in [3.8, 4) is 0 Å². The normalized spacial score (nSPS) is 29.4. The Labute approximate surface area is 120 Å². The number of nitrogens with two attached hydrogens (primary N) is 1. The third-order valence-corrected chi connectivity index (χ3v) is 5.14. The monoisotopic (exact) mass is 272 g/mol. The number of anilines is 1. The van der Waals surface area contributed by atoms with E-state index >= 15 is 0 Å². The highest BCUT2D eigenvalue weighted by atomic mass is 16.1. The van der Waals surface area contributed by atoms with Gasteiger partial charge in [0, 0.05) is 11.7 Å². The van der Waals surface area contributed by atoms with Gasteiger partial charge in [-0.15, -0.1) is 0 Å². The molecule has 1 aromatic carbocycles. The fourth-order valence-electron chi connectivity index (χ4n) is 4.21. The molecule has 3 nitrogen and oxygen atoms in total.